The van der Waals surface area contributed by atoms with E-state index >= 15 is 0 Å². The molecule has 4 nitrogen and oxygen atoms in total. The van der Waals surface area contributed by atoms with Gasteiger partial charge in [-0.3, -0.25) is 4.68 Å². The van der Waals surface area contributed by atoms with E-state index in [9.17, 15) is 0 Å². The van der Waals surface area contributed by atoms with E-state index in [0.29, 0.717) is 12.6 Å². The molecule has 1 aromatic carbocycles. The van der Waals surface area contributed by atoms with Crippen LogP contribution in [0.3, 0.4) is 0 Å². The van der Waals surface area contributed by atoms with Crippen LogP contribution in [0.15, 0.2) is 42.7 Å². The molecule has 2 aromatic heterocycles. The normalized spacial score (nSPS) is 11.6. The summed E-state index contributed by atoms with van der Waals surface area (Å²) >= 11 is 0. The van der Waals surface area contributed by atoms with Crippen LogP contribution in [0.4, 0.5) is 0 Å². The highest BCUT2D eigenvalue weighted by molar-refractivity contribution is 5.84. The van der Waals surface area contributed by atoms with Gasteiger partial charge >= 0.3 is 0 Å². The molecule has 2 N–H and O–H groups in total. The molecule has 0 atom stereocenters. The first-order chi connectivity index (χ1) is 10.2. The average molecular weight is 282 g/mol. The van der Waals surface area contributed by atoms with Crippen LogP contribution in [0.1, 0.15) is 31.1 Å². The number of para-hydroxylation sites is 1. The summed E-state index contributed by atoms with van der Waals surface area (Å²) < 4.78 is 4.27. The van der Waals surface area contributed by atoms with Crippen LogP contribution in [-0.4, -0.2) is 20.9 Å². The molecule has 3 rings (SSSR count). The van der Waals surface area contributed by atoms with Crippen molar-refractivity contribution in [1.82, 2.24) is 14.3 Å². The van der Waals surface area contributed by atoms with Gasteiger partial charge < -0.3 is 10.3 Å². The molecule has 3 aromatic rings. The van der Waals surface area contributed by atoms with E-state index in [0.717, 1.165) is 18.7 Å². The molecule has 0 fully saturated rings. The molecule has 0 bridgehead atoms. The number of hydrogen-bond donors (Lipinski definition) is 1. The third-order valence-electron chi connectivity index (χ3n) is 3.81. The number of benzene rings is 1. The number of nitrogens with zero attached hydrogens (tertiary/aromatic N) is 3. The minimum atomic E-state index is 0.396. The number of fused-ring (bicyclic) bond motifs is 1. The first kappa shape index (κ1) is 13.9. The molecular formula is C17H22N4. The predicted octanol–water partition coefficient (Wildman–Crippen LogP) is 2.97. The van der Waals surface area contributed by atoms with E-state index in [1.54, 1.807) is 0 Å². The van der Waals surface area contributed by atoms with Gasteiger partial charge in [-0.25, -0.2) is 0 Å². The molecule has 0 spiro atoms. The number of hydrogen-bond acceptors (Lipinski definition) is 2. The lowest BCUT2D eigenvalue weighted by Gasteiger charge is -2.05. The molecule has 0 aliphatic heterocycles. The second-order valence-corrected chi connectivity index (χ2v) is 5.72. The molecule has 2 heterocycles. The zero-order chi connectivity index (χ0) is 14.8. The maximum absolute atomic E-state index is 5.73. The van der Waals surface area contributed by atoms with Crippen molar-refractivity contribution >= 4 is 10.9 Å². The maximum Gasteiger partial charge on any atom is 0.0821 e. The molecule has 0 saturated heterocycles. The topological polar surface area (TPSA) is 48.8 Å². The average Bonchev–Trinajstić information content (AvgIpc) is 3.07. The van der Waals surface area contributed by atoms with E-state index in [4.69, 9.17) is 5.73 Å². The van der Waals surface area contributed by atoms with Crippen LogP contribution in [0.25, 0.3) is 10.9 Å². The van der Waals surface area contributed by atoms with Gasteiger partial charge in [-0.2, -0.15) is 5.10 Å². The maximum atomic E-state index is 5.73. The van der Waals surface area contributed by atoms with Crippen LogP contribution in [-0.2, 0) is 13.0 Å². The van der Waals surface area contributed by atoms with Gasteiger partial charge in [0.1, 0.15) is 0 Å². The van der Waals surface area contributed by atoms with E-state index in [2.05, 4.69) is 60.0 Å². The fraction of sp³-hybridized carbons (Fsp3) is 0.353. The number of rotatable bonds is 5. The predicted molar refractivity (Wildman–Crippen MR) is 86.4 cm³/mol. The summed E-state index contributed by atoms with van der Waals surface area (Å²) in [5, 5.41) is 5.94. The highest BCUT2D eigenvalue weighted by atomic mass is 15.3. The summed E-state index contributed by atoms with van der Waals surface area (Å²) in [6, 6.07) is 11.0. The van der Waals surface area contributed by atoms with Gasteiger partial charge in [0.05, 0.1) is 12.2 Å². The van der Waals surface area contributed by atoms with Gasteiger partial charge in [-0.15, -0.1) is 0 Å². The largest absolute Gasteiger partial charge is 0.341 e. The lowest BCUT2D eigenvalue weighted by atomic mass is 10.1. The van der Waals surface area contributed by atoms with Crippen LogP contribution in [0, 0.1) is 0 Å². The lowest BCUT2D eigenvalue weighted by Crippen LogP contribution is -2.04. The van der Waals surface area contributed by atoms with Crippen molar-refractivity contribution in [3.05, 3.63) is 54.0 Å². The van der Waals surface area contributed by atoms with Crippen LogP contribution in [0.5, 0.6) is 0 Å². The van der Waals surface area contributed by atoms with Gasteiger partial charge in [-0.05, 0) is 44.5 Å². The van der Waals surface area contributed by atoms with Gasteiger partial charge in [0.2, 0.25) is 0 Å². The molecule has 110 valence electrons. The molecule has 0 aliphatic carbocycles. The summed E-state index contributed by atoms with van der Waals surface area (Å²) in [6.07, 6.45) is 5.17. The molecule has 4 heteroatoms. The Balaban J connectivity index is 1.96. The van der Waals surface area contributed by atoms with E-state index in [-0.39, 0.29) is 0 Å². The fourth-order valence-corrected chi connectivity index (χ4v) is 2.73. The van der Waals surface area contributed by atoms with Gasteiger partial charge in [0.15, 0.2) is 0 Å². The van der Waals surface area contributed by atoms with Gasteiger partial charge in [-0.1, -0.05) is 18.2 Å². The summed E-state index contributed by atoms with van der Waals surface area (Å²) in [4.78, 5) is 0. The smallest absolute Gasteiger partial charge is 0.0821 e. The van der Waals surface area contributed by atoms with Crippen LogP contribution in [0.2, 0.25) is 0 Å². The standard InChI is InChI=1S/C17H22N4/c1-13(2)21-10-8-15(19-21)12-20-11-14(7-9-18)16-5-3-4-6-17(16)20/h3-6,8,10-11,13H,7,9,12,18H2,1-2H3. The van der Waals surface area contributed by atoms with Gasteiger partial charge in [0, 0.05) is 29.3 Å². The molecule has 0 aliphatic rings. The summed E-state index contributed by atoms with van der Waals surface area (Å²) in [5.74, 6) is 0. The second-order valence-electron chi connectivity index (χ2n) is 5.72. The van der Waals surface area contributed by atoms with E-state index in [1.807, 2.05) is 10.9 Å². The monoisotopic (exact) mass is 282 g/mol. The molecule has 0 unspecified atom stereocenters. The van der Waals surface area contributed by atoms with Crippen molar-refractivity contribution < 1.29 is 0 Å². The molecule has 0 radical (unpaired) electrons. The van der Waals surface area contributed by atoms with Crippen molar-refractivity contribution in [3.8, 4) is 0 Å². The highest BCUT2D eigenvalue weighted by Gasteiger charge is 2.09. The summed E-state index contributed by atoms with van der Waals surface area (Å²) in [7, 11) is 0. The third-order valence-corrected chi connectivity index (χ3v) is 3.81. The van der Waals surface area contributed by atoms with Crippen molar-refractivity contribution in [2.75, 3.05) is 6.54 Å². The van der Waals surface area contributed by atoms with Crippen molar-refractivity contribution in [3.63, 3.8) is 0 Å². The summed E-state index contributed by atoms with van der Waals surface area (Å²) in [6.45, 7) is 5.75. The molecule has 0 amide bonds. The zero-order valence-corrected chi connectivity index (χ0v) is 12.7. The van der Waals surface area contributed by atoms with Crippen LogP contribution < -0.4 is 5.73 Å². The minimum absolute atomic E-state index is 0.396. The number of nitrogens with two attached hydrogens (primary N) is 1. The SMILES string of the molecule is CC(C)n1ccc(Cn2cc(CCN)c3ccccc32)n1. The Morgan fingerprint density at radius 3 is 2.71 bits per heavy atom. The Morgan fingerprint density at radius 2 is 2.00 bits per heavy atom. The third kappa shape index (κ3) is 2.72. The second kappa shape index (κ2) is 5.74. The molecular weight excluding hydrogens is 260 g/mol. The Labute approximate surface area is 125 Å². The molecule has 0 saturated carbocycles. The number of aromatic nitrogens is 3. The Morgan fingerprint density at radius 1 is 1.19 bits per heavy atom. The lowest BCUT2D eigenvalue weighted by molar-refractivity contribution is 0.524. The van der Waals surface area contributed by atoms with Gasteiger partial charge in [0.25, 0.3) is 0 Å². The van der Waals surface area contributed by atoms with E-state index in [1.165, 1.54) is 16.5 Å². The zero-order valence-electron chi connectivity index (χ0n) is 12.7. The minimum Gasteiger partial charge on any atom is -0.341 e. The van der Waals surface area contributed by atoms with E-state index < -0.39 is 0 Å². The summed E-state index contributed by atoms with van der Waals surface area (Å²) in [5.41, 5.74) is 9.38. The first-order valence-electron chi connectivity index (χ1n) is 7.50. The Hall–Kier alpha value is -2.07. The highest BCUT2D eigenvalue weighted by Crippen LogP contribution is 2.22. The first-order valence-corrected chi connectivity index (χ1v) is 7.50. The Kier molecular flexibility index (Phi) is 3.80. The molecule has 21 heavy (non-hydrogen) atoms. The van der Waals surface area contributed by atoms with Crippen molar-refractivity contribution in [2.24, 2.45) is 5.73 Å². The Bertz CT molecular complexity index is 736. The quantitative estimate of drug-likeness (QED) is 0.782. The van der Waals surface area contributed by atoms with Crippen LogP contribution >= 0.6 is 0 Å². The van der Waals surface area contributed by atoms with Crippen molar-refractivity contribution in [1.29, 1.82) is 0 Å². The fourth-order valence-electron chi connectivity index (χ4n) is 2.73. The van der Waals surface area contributed by atoms with Crippen molar-refractivity contribution in [2.45, 2.75) is 32.9 Å².